The minimum Gasteiger partial charge on any atom is -0.492 e. The van der Waals surface area contributed by atoms with E-state index in [4.69, 9.17) is 4.74 Å². The van der Waals surface area contributed by atoms with Gasteiger partial charge < -0.3 is 10.1 Å². The van der Waals surface area contributed by atoms with Crippen LogP contribution in [0.4, 0.5) is 0 Å². The van der Waals surface area contributed by atoms with Gasteiger partial charge in [-0.25, -0.2) is 0 Å². The third-order valence-corrected chi connectivity index (χ3v) is 4.06. The van der Waals surface area contributed by atoms with E-state index in [1.54, 1.807) is 11.3 Å². The van der Waals surface area contributed by atoms with Gasteiger partial charge in [-0.15, -0.1) is 0 Å². The van der Waals surface area contributed by atoms with Crippen molar-refractivity contribution in [2.45, 2.75) is 19.4 Å². The molecule has 0 saturated heterocycles. The van der Waals surface area contributed by atoms with Gasteiger partial charge in [0, 0.05) is 17.1 Å². The quantitative estimate of drug-likeness (QED) is 0.766. The first-order valence-corrected chi connectivity index (χ1v) is 8.10. The Bertz CT molecular complexity index is 469. The number of hydrogen-bond donors (Lipinski definition) is 1. The van der Waals surface area contributed by atoms with Crippen LogP contribution in [0.1, 0.15) is 12.5 Å². The molecule has 19 heavy (non-hydrogen) atoms. The highest BCUT2D eigenvalue weighted by Gasteiger charge is 2.03. The maximum absolute atomic E-state index is 5.67. The van der Waals surface area contributed by atoms with Crippen LogP contribution >= 0.6 is 27.3 Å². The van der Waals surface area contributed by atoms with E-state index in [2.05, 4.69) is 45.0 Å². The van der Waals surface area contributed by atoms with E-state index in [1.165, 1.54) is 5.56 Å². The second-order valence-corrected chi connectivity index (χ2v) is 6.19. The lowest BCUT2D eigenvalue weighted by molar-refractivity contribution is 0.306. The minimum atomic E-state index is 0.475. The van der Waals surface area contributed by atoms with Gasteiger partial charge in [-0.3, -0.25) is 0 Å². The standard InChI is InChI=1S/C15H18BrNOS/c1-12(10-13-6-9-19-11-13)17-7-8-18-15-4-2-14(16)3-5-15/h2-6,9,11-12,17H,7-8,10H2,1H3. The Morgan fingerprint density at radius 1 is 1.26 bits per heavy atom. The molecule has 102 valence electrons. The monoisotopic (exact) mass is 339 g/mol. The number of halogens is 1. The summed E-state index contributed by atoms with van der Waals surface area (Å²) >= 11 is 5.16. The highest BCUT2D eigenvalue weighted by atomic mass is 79.9. The highest BCUT2D eigenvalue weighted by molar-refractivity contribution is 9.10. The highest BCUT2D eigenvalue weighted by Crippen LogP contribution is 2.15. The lowest BCUT2D eigenvalue weighted by Crippen LogP contribution is -2.31. The Hall–Kier alpha value is -0.840. The van der Waals surface area contributed by atoms with E-state index in [-0.39, 0.29) is 0 Å². The van der Waals surface area contributed by atoms with Crippen LogP contribution in [-0.4, -0.2) is 19.2 Å². The maximum Gasteiger partial charge on any atom is 0.119 e. The fourth-order valence-corrected chi connectivity index (χ4v) is 2.79. The molecule has 0 spiro atoms. The Kier molecular flexibility index (Phi) is 5.89. The average Bonchev–Trinajstić information content (AvgIpc) is 2.89. The minimum absolute atomic E-state index is 0.475. The molecule has 1 aromatic carbocycles. The molecular formula is C15H18BrNOS. The SMILES string of the molecule is CC(Cc1ccsc1)NCCOc1ccc(Br)cc1. The number of hydrogen-bond acceptors (Lipinski definition) is 3. The zero-order valence-electron chi connectivity index (χ0n) is 10.9. The van der Waals surface area contributed by atoms with Gasteiger partial charge in [-0.1, -0.05) is 15.9 Å². The number of nitrogens with one attached hydrogen (secondary N) is 1. The molecule has 1 N–H and O–H groups in total. The summed E-state index contributed by atoms with van der Waals surface area (Å²) in [5, 5.41) is 7.80. The Morgan fingerprint density at radius 2 is 2.05 bits per heavy atom. The number of ether oxygens (including phenoxy) is 1. The second-order valence-electron chi connectivity index (χ2n) is 4.49. The van der Waals surface area contributed by atoms with Crippen LogP contribution in [-0.2, 0) is 6.42 Å². The zero-order valence-corrected chi connectivity index (χ0v) is 13.3. The van der Waals surface area contributed by atoms with Crippen LogP contribution in [0, 0.1) is 0 Å². The third kappa shape index (κ3) is 5.35. The molecule has 1 unspecified atom stereocenters. The van der Waals surface area contributed by atoms with Gasteiger partial charge >= 0.3 is 0 Å². The molecule has 2 nitrogen and oxygen atoms in total. The molecule has 1 atom stereocenters. The number of benzene rings is 1. The molecule has 0 aliphatic rings. The maximum atomic E-state index is 5.67. The van der Waals surface area contributed by atoms with Gasteiger partial charge in [0.1, 0.15) is 12.4 Å². The molecule has 0 fully saturated rings. The molecule has 0 radical (unpaired) electrons. The van der Waals surface area contributed by atoms with Crippen molar-refractivity contribution in [3.63, 3.8) is 0 Å². The summed E-state index contributed by atoms with van der Waals surface area (Å²) in [4.78, 5) is 0. The van der Waals surface area contributed by atoms with E-state index in [1.807, 2.05) is 24.3 Å². The van der Waals surface area contributed by atoms with Crippen molar-refractivity contribution in [3.8, 4) is 5.75 Å². The second kappa shape index (κ2) is 7.68. The van der Waals surface area contributed by atoms with E-state index in [9.17, 15) is 0 Å². The van der Waals surface area contributed by atoms with Gasteiger partial charge in [0.2, 0.25) is 0 Å². The van der Waals surface area contributed by atoms with Gasteiger partial charge in [0.25, 0.3) is 0 Å². The lowest BCUT2D eigenvalue weighted by atomic mass is 10.1. The van der Waals surface area contributed by atoms with Crippen LogP contribution in [0.5, 0.6) is 5.75 Å². The first-order chi connectivity index (χ1) is 9.24. The molecule has 0 saturated carbocycles. The fourth-order valence-electron chi connectivity index (χ4n) is 1.84. The van der Waals surface area contributed by atoms with Gasteiger partial charge in [0.05, 0.1) is 0 Å². The largest absolute Gasteiger partial charge is 0.492 e. The molecule has 0 amide bonds. The van der Waals surface area contributed by atoms with Crippen molar-refractivity contribution < 1.29 is 4.74 Å². The van der Waals surface area contributed by atoms with Crippen molar-refractivity contribution in [1.82, 2.24) is 5.32 Å². The van der Waals surface area contributed by atoms with Crippen LogP contribution < -0.4 is 10.1 Å². The summed E-state index contributed by atoms with van der Waals surface area (Å²) < 4.78 is 6.74. The first-order valence-electron chi connectivity index (χ1n) is 6.37. The molecule has 4 heteroatoms. The molecule has 0 aliphatic carbocycles. The summed E-state index contributed by atoms with van der Waals surface area (Å²) in [6, 6.07) is 10.6. The molecule has 1 heterocycles. The van der Waals surface area contributed by atoms with Crippen LogP contribution in [0.25, 0.3) is 0 Å². The van der Waals surface area contributed by atoms with Crippen molar-refractivity contribution in [1.29, 1.82) is 0 Å². The van der Waals surface area contributed by atoms with Crippen molar-refractivity contribution in [2.75, 3.05) is 13.2 Å². The Morgan fingerprint density at radius 3 is 2.74 bits per heavy atom. The third-order valence-electron chi connectivity index (χ3n) is 2.80. The smallest absolute Gasteiger partial charge is 0.119 e. The Balaban J connectivity index is 1.62. The first kappa shape index (κ1) is 14.6. The van der Waals surface area contributed by atoms with Crippen LogP contribution in [0.2, 0.25) is 0 Å². The van der Waals surface area contributed by atoms with E-state index in [0.29, 0.717) is 12.6 Å². The fraction of sp³-hybridized carbons (Fsp3) is 0.333. The Labute approximate surface area is 126 Å². The summed E-state index contributed by atoms with van der Waals surface area (Å²) in [5.74, 6) is 0.912. The summed E-state index contributed by atoms with van der Waals surface area (Å²) in [6.45, 7) is 3.76. The molecule has 0 bridgehead atoms. The van der Waals surface area contributed by atoms with Gasteiger partial charge in [-0.2, -0.15) is 11.3 Å². The van der Waals surface area contributed by atoms with E-state index < -0.39 is 0 Å². The normalized spacial score (nSPS) is 12.3. The van der Waals surface area contributed by atoms with Crippen molar-refractivity contribution in [2.24, 2.45) is 0 Å². The van der Waals surface area contributed by atoms with Crippen LogP contribution in [0.15, 0.2) is 45.6 Å². The van der Waals surface area contributed by atoms with Gasteiger partial charge in [0.15, 0.2) is 0 Å². The molecule has 0 aliphatic heterocycles. The topological polar surface area (TPSA) is 21.3 Å². The number of rotatable bonds is 7. The molecular weight excluding hydrogens is 322 g/mol. The zero-order chi connectivity index (χ0) is 13.5. The molecule has 2 aromatic rings. The van der Waals surface area contributed by atoms with Crippen molar-refractivity contribution in [3.05, 3.63) is 51.1 Å². The lowest BCUT2D eigenvalue weighted by Gasteiger charge is -2.13. The molecule has 2 rings (SSSR count). The summed E-state index contributed by atoms with van der Waals surface area (Å²) in [5.41, 5.74) is 1.40. The molecule has 1 aromatic heterocycles. The summed E-state index contributed by atoms with van der Waals surface area (Å²) in [7, 11) is 0. The van der Waals surface area contributed by atoms with E-state index in [0.717, 1.165) is 23.2 Å². The number of thiophene rings is 1. The van der Waals surface area contributed by atoms with E-state index >= 15 is 0 Å². The van der Waals surface area contributed by atoms with Crippen molar-refractivity contribution >= 4 is 27.3 Å². The summed E-state index contributed by atoms with van der Waals surface area (Å²) in [6.07, 6.45) is 1.07. The van der Waals surface area contributed by atoms with Crippen LogP contribution in [0.3, 0.4) is 0 Å². The predicted molar refractivity (Wildman–Crippen MR) is 85.1 cm³/mol. The average molecular weight is 340 g/mol. The predicted octanol–water partition coefficient (Wildman–Crippen LogP) is 4.11. The van der Waals surface area contributed by atoms with Gasteiger partial charge in [-0.05, 0) is 60.0 Å².